The number of carboxylic acid groups (broad SMARTS) is 1. The third-order valence-corrected chi connectivity index (χ3v) is 11.6. The third-order valence-electron chi connectivity index (χ3n) is 11.2. The molecule has 0 unspecified atom stereocenters. The number of hydrogen-bond acceptors (Lipinski definition) is 13. The van der Waals surface area contributed by atoms with Crippen molar-refractivity contribution < 1.29 is 70.1 Å². The van der Waals surface area contributed by atoms with Crippen molar-refractivity contribution in [1.29, 1.82) is 0 Å². The van der Waals surface area contributed by atoms with Crippen LogP contribution in [0.1, 0.15) is 96.3 Å². The molecule has 1 aromatic heterocycles. The molecule has 0 fully saturated rings. The largest absolute Gasteiger partial charge is 0.481 e. The molecule has 74 heavy (non-hydrogen) atoms. The Labute approximate surface area is 429 Å². The van der Waals surface area contributed by atoms with Crippen LogP contribution in [-0.2, 0) is 72.7 Å². The topological polar surface area (TPSA) is 327 Å². The molecule has 9 N–H and O–H groups in total. The summed E-state index contributed by atoms with van der Waals surface area (Å²) < 4.78 is 46.6. The number of rotatable bonds is 29. The number of aliphatic carboxylic acids is 1. The number of H-pyrrole nitrogens is 1. The first-order valence-electron chi connectivity index (χ1n) is 24.2. The van der Waals surface area contributed by atoms with Gasteiger partial charge in [0.05, 0.1) is 19.6 Å². The quantitative estimate of drug-likeness (QED) is 0.0276. The fraction of sp³-hybridized carbons (Fsp3) is 0.451. The lowest BCUT2D eigenvalue weighted by Gasteiger charge is -2.26. The van der Waals surface area contributed by atoms with Gasteiger partial charge in [-0.3, -0.25) is 33.3 Å². The van der Waals surface area contributed by atoms with E-state index in [4.69, 9.17) is 14.0 Å². The van der Waals surface area contributed by atoms with Crippen LogP contribution < -0.4 is 36.1 Å². The molecule has 1 heterocycles. The number of alkyl carbamates (subject to hydrolysis) is 1. The van der Waals surface area contributed by atoms with Gasteiger partial charge < -0.3 is 55.6 Å². The zero-order valence-electron chi connectivity index (χ0n) is 42.1. The van der Waals surface area contributed by atoms with Crippen LogP contribution in [0.25, 0.3) is 10.9 Å². The summed E-state index contributed by atoms with van der Waals surface area (Å²) in [5.74, 6) is -6.63. The van der Waals surface area contributed by atoms with Crippen molar-refractivity contribution in [3.63, 3.8) is 0 Å². The summed E-state index contributed by atoms with van der Waals surface area (Å²) in [7, 11) is -4.81. The summed E-state index contributed by atoms with van der Waals surface area (Å²) in [6, 6.07) is 14.8. The minimum Gasteiger partial charge on any atom is -0.481 e. The van der Waals surface area contributed by atoms with Crippen molar-refractivity contribution in [3.8, 4) is 5.75 Å². The second-order valence-electron chi connectivity index (χ2n) is 18.4. The van der Waals surface area contributed by atoms with Crippen LogP contribution in [0.5, 0.6) is 5.75 Å². The Balaban J connectivity index is 1.51. The summed E-state index contributed by atoms with van der Waals surface area (Å²) in [6.45, 7) is 7.82. The number of hydrogen-bond donors (Lipinski definition) is 9. The number of aromatic nitrogens is 1. The predicted octanol–water partition coefficient (Wildman–Crippen LogP) is 3.72. The Morgan fingerprint density at radius 2 is 1.23 bits per heavy atom. The molecule has 0 aliphatic rings. The Hall–Kier alpha value is -7.53. The van der Waals surface area contributed by atoms with Crippen molar-refractivity contribution >= 4 is 68.9 Å². The highest BCUT2D eigenvalue weighted by atomic mass is 32.3. The van der Waals surface area contributed by atoms with Crippen LogP contribution in [0.2, 0.25) is 0 Å². The molecule has 0 spiro atoms. The lowest BCUT2D eigenvalue weighted by molar-refractivity contribution is -0.152. The van der Waals surface area contributed by atoms with Crippen LogP contribution in [0, 0.1) is 0 Å². The zero-order valence-corrected chi connectivity index (χ0v) is 42.9. The van der Waals surface area contributed by atoms with Gasteiger partial charge in [-0.05, 0) is 68.5 Å². The predicted molar refractivity (Wildman–Crippen MR) is 271 cm³/mol. The first-order chi connectivity index (χ1) is 35.0. The molecule has 4 rings (SSSR count). The maximum atomic E-state index is 14.3. The maximum Gasteiger partial charge on any atom is 0.446 e. The third kappa shape index (κ3) is 20.9. The second kappa shape index (κ2) is 28.6. The van der Waals surface area contributed by atoms with Gasteiger partial charge in [-0.25, -0.2) is 9.59 Å². The first-order valence-corrected chi connectivity index (χ1v) is 25.6. The number of para-hydroxylation sites is 1. The molecule has 0 saturated heterocycles. The average Bonchev–Trinajstić information content (AvgIpc) is 3.74. The van der Waals surface area contributed by atoms with Crippen LogP contribution in [0.3, 0.4) is 0 Å². The van der Waals surface area contributed by atoms with E-state index in [9.17, 15) is 51.9 Å². The fourth-order valence-corrected chi connectivity index (χ4v) is 7.87. The van der Waals surface area contributed by atoms with Crippen LogP contribution in [0.4, 0.5) is 4.79 Å². The van der Waals surface area contributed by atoms with E-state index in [1.807, 2.05) is 62.4 Å². The van der Waals surface area contributed by atoms with Gasteiger partial charge in [-0.2, -0.15) is 8.42 Å². The van der Waals surface area contributed by atoms with E-state index < -0.39 is 107 Å². The summed E-state index contributed by atoms with van der Waals surface area (Å²) in [4.78, 5) is 111. The highest BCUT2D eigenvalue weighted by molar-refractivity contribution is 7.81. The number of benzene rings is 3. The minimum absolute atomic E-state index is 0.0814. The van der Waals surface area contributed by atoms with E-state index in [1.54, 1.807) is 33.0 Å². The molecule has 0 radical (unpaired) electrons. The van der Waals surface area contributed by atoms with Gasteiger partial charge in [-0.1, -0.05) is 100 Å². The first kappa shape index (κ1) is 59.0. The molecular formula is C51H67N7O15S. The Bertz CT molecular complexity index is 2660. The zero-order chi connectivity index (χ0) is 54.4. The number of amides is 6. The summed E-state index contributed by atoms with van der Waals surface area (Å²) >= 11 is 0. The number of fused-ring (bicyclic) bond motifs is 1. The monoisotopic (exact) mass is 1050 g/mol. The van der Waals surface area contributed by atoms with Gasteiger partial charge in [0.1, 0.15) is 41.6 Å². The van der Waals surface area contributed by atoms with E-state index in [2.05, 4.69) is 41.1 Å². The number of aromatic amines is 1. The molecule has 0 aliphatic heterocycles. The lowest BCUT2D eigenvalue weighted by Crippen LogP contribution is -2.58. The van der Waals surface area contributed by atoms with Crippen LogP contribution in [0.15, 0.2) is 85.1 Å². The molecular weight excluding hydrogens is 983 g/mol. The smallest absolute Gasteiger partial charge is 0.446 e. The van der Waals surface area contributed by atoms with E-state index in [1.165, 1.54) is 24.3 Å². The molecule has 23 heteroatoms. The number of carbonyl (C=O) groups is 8. The van der Waals surface area contributed by atoms with E-state index in [0.29, 0.717) is 43.2 Å². The fourth-order valence-electron chi connectivity index (χ4n) is 7.52. The average molecular weight is 1050 g/mol. The Morgan fingerprint density at radius 3 is 1.82 bits per heavy atom. The van der Waals surface area contributed by atoms with Gasteiger partial charge in [0.2, 0.25) is 29.5 Å². The number of carbonyl (C=O) groups excluding carboxylic acids is 7. The highest BCUT2D eigenvalue weighted by Crippen LogP contribution is 2.20. The minimum atomic E-state index is -4.81. The molecule has 3 aromatic carbocycles. The van der Waals surface area contributed by atoms with Crippen LogP contribution in [-0.4, -0.2) is 120 Å². The summed E-state index contributed by atoms with van der Waals surface area (Å²) in [6.07, 6.45) is 2.29. The van der Waals surface area contributed by atoms with Gasteiger partial charge >= 0.3 is 28.4 Å². The van der Waals surface area contributed by atoms with Gasteiger partial charge in [-0.15, -0.1) is 0 Å². The van der Waals surface area contributed by atoms with E-state index in [0.717, 1.165) is 16.5 Å². The second-order valence-corrected chi connectivity index (χ2v) is 19.5. The van der Waals surface area contributed by atoms with Crippen molar-refractivity contribution in [3.05, 3.63) is 102 Å². The normalized spacial score (nSPS) is 13.4. The molecule has 22 nitrogen and oxygen atoms in total. The molecule has 0 bridgehead atoms. The van der Waals surface area contributed by atoms with Crippen molar-refractivity contribution in [2.24, 2.45) is 0 Å². The lowest BCUT2D eigenvalue weighted by atomic mass is 10.0. The molecule has 4 aromatic rings. The molecule has 402 valence electrons. The molecule has 0 saturated carbocycles. The summed E-state index contributed by atoms with van der Waals surface area (Å²) in [5.41, 5.74) is 1.71. The van der Waals surface area contributed by atoms with Crippen LogP contribution >= 0.6 is 0 Å². The van der Waals surface area contributed by atoms with Crippen molar-refractivity contribution in [2.75, 3.05) is 13.2 Å². The van der Waals surface area contributed by atoms with Gasteiger partial charge in [0.15, 0.2) is 0 Å². The number of esters is 1. The molecule has 0 aliphatic carbocycles. The number of carboxylic acids is 1. The maximum absolute atomic E-state index is 14.3. The number of nitrogens with one attached hydrogen (secondary N) is 7. The highest BCUT2D eigenvalue weighted by Gasteiger charge is 2.33. The summed E-state index contributed by atoms with van der Waals surface area (Å²) in [5, 5.41) is 25.8. The van der Waals surface area contributed by atoms with Crippen molar-refractivity contribution in [2.45, 2.75) is 135 Å². The number of ether oxygens (including phenoxy) is 2. The standard InChI is InChI=1S/C51H67N7O15S/c1-6-8-18-38(55-47(64)40(58-50(67)72-51(3,4)5)27-33-21-23-35(24-22-33)73-74(68,69)70)45(62)53-31-43(59)54-41(28-34-30-52-37-20-14-13-17-36(34)37)48(65)56-39(19-9-7-2)46(63)57-42(29-44(60)61)49(66)71-26-25-32-15-11-10-12-16-32/h10-17,20-24,30,38-42,52H,6-9,18-19,25-29,31H2,1-5H3,(H,53,62)(H,54,59)(H,55,64)(H,56,65)(H,57,63)(H,58,67)(H,60,61)(H,68,69,70)/t38-,39-,40-,41+,42-/m0/s1. The van der Waals surface area contributed by atoms with E-state index >= 15 is 0 Å². The Kier molecular flexibility index (Phi) is 22.9. The van der Waals surface area contributed by atoms with E-state index in [-0.39, 0.29) is 38.0 Å². The van der Waals surface area contributed by atoms with Gasteiger partial charge in [0.25, 0.3) is 0 Å². The van der Waals surface area contributed by atoms with Crippen molar-refractivity contribution in [1.82, 2.24) is 36.9 Å². The SMILES string of the molecule is CCCC[C@H](NC(=O)[C@H](Cc1ccc(OS(=O)(=O)O)cc1)NC(=O)OC(C)(C)C)C(=O)NCC(=O)N[C@H](Cc1c[nH]c2ccccc12)C(=O)N[C@@H](CCCC)C(=O)N[C@@H](CC(=O)O)C(=O)OCCc1ccccc1. The number of unbranched alkanes of at least 4 members (excludes halogenated alkanes) is 2. The van der Waals surface area contributed by atoms with Gasteiger partial charge in [0, 0.05) is 36.4 Å². The molecule has 5 atom stereocenters. The Morgan fingerprint density at radius 1 is 0.662 bits per heavy atom. The molecule has 6 amide bonds.